The molecule has 25 heavy (non-hydrogen) atoms. The molecule has 0 aliphatic carbocycles. The van der Waals surface area contributed by atoms with Crippen LogP contribution in [0.1, 0.15) is 28.4 Å². The lowest BCUT2D eigenvalue weighted by Gasteiger charge is -2.27. The number of phenolic OH excluding ortho intramolecular Hbond substituents is 1. The zero-order chi connectivity index (χ0) is 17.0. The molecule has 122 valence electrons. The molecule has 7 nitrogen and oxygen atoms in total. The third kappa shape index (κ3) is 2.06. The molecule has 3 aromatic heterocycles. The topological polar surface area (TPSA) is 85.4 Å². The van der Waals surface area contributed by atoms with Crippen LogP contribution in [0.25, 0.3) is 5.65 Å². The Morgan fingerprint density at radius 1 is 1.24 bits per heavy atom. The number of aromatic hydroxyl groups is 1. The molecule has 4 heterocycles. The van der Waals surface area contributed by atoms with Crippen LogP contribution in [-0.4, -0.2) is 29.7 Å². The van der Waals surface area contributed by atoms with Crippen molar-refractivity contribution >= 4 is 5.65 Å². The van der Waals surface area contributed by atoms with Crippen LogP contribution in [0, 0.1) is 6.92 Å². The number of hydrogen-bond acceptors (Lipinski definition) is 6. The highest BCUT2D eigenvalue weighted by Crippen LogP contribution is 2.48. The Morgan fingerprint density at radius 2 is 2.16 bits per heavy atom. The average molecular weight is 331 g/mol. The van der Waals surface area contributed by atoms with E-state index in [9.17, 15) is 5.11 Å². The van der Waals surface area contributed by atoms with Gasteiger partial charge in [-0.15, -0.1) is 0 Å². The number of aryl methyl sites for hydroxylation is 1. The van der Waals surface area contributed by atoms with Gasteiger partial charge in [-0.2, -0.15) is 5.10 Å². The van der Waals surface area contributed by atoms with E-state index in [0.717, 1.165) is 16.7 Å². The van der Waals surface area contributed by atoms with Crippen LogP contribution >= 0.6 is 0 Å². The van der Waals surface area contributed by atoms with Gasteiger partial charge in [0.05, 0.1) is 5.56 Å². The molecule has 1 aliphatic rings. The maximum Gasteiger partial charge on any atom is 0.228 e. The van der Waals surface area contributed by atoms with Crippen molar-refractivity contribution < 1.29 is 9.84 Å². The number of fused-ring (bicyclic) bond motifs is 4. The summed E-state index contributed by atoms with van der Waals surface area (Å²) in [5.74, 6) is 1.69. The second kappa shape index (κ2) is 5.01. The van der Waals surface area contributed by atoms with Gasteiger partial charge in [-0.1, -0.05) is 12.1 Å². The summed E-state index contributed by atoms with van der Waals surface area (Å²) in [5, 5.41) is 14.2. The van der Waals surface area contributed by atoms with E-state index >= 15 is 0 Å². The first-order valence-corrected chi connectivity index (χ1v) is 7.83. The van der Waals surface area contributed by atoms with Crippen LogP contribution in [0.2, 0.25) is 0 Å². The molecule has 0 spiro atoms. The summed E-state index contributed by atoms with van der Waals surface area (Å²) in [7, 11) is 0. The molecule has 1 atom stereocenters. The van der Waals surface area contributed by atoms with E-state index in [-0.39, 0.29) is 11.7 Å². The van der Waals surface area contributed by atoms with Crippen LogP contribution < -0.4 is 4.74 Å². The third-order valence-electron chi connectivity index (χ3n) is 4.31. The van der Waals surface area contributed by atoms with E-state index in [1.165, 1.54) is 0 Å². The molecule has 0 bridgehead atoms. The van der Waals surface area contributed by atoms with Gasteiger partial charge in [0, 0.05) is 29.9 Å². The van der Waals surface area contributed by atoms with Crippen molar-refractivity contribution in [2.24, 2.45) is 0 Å². The Kier molecular flexibility index (Phi) is 2.79. The number of benzene rings is 1. The monoisotopic (exact) mass is 331 g/mol. The van der Waals surface area contributed by atoms with Gasteiger partial charge in [-0.25, -0.2) is 14.5 Å². The van der Waals surface area contributed by atoms with Crippen LogP contribution in [0.15, 0.2) is 49.1 Å². The Labute approximate surface area is 142 Å². The third-order valence-corrected chi connectivity index (χ3v) is 4.31. The van der Waals surface area contributed by atoms with Crippen LogP contribution in [-0.2, 0) is 0 Å². The molecule has 7 heteroatoms. The summed E-state index contributed by atoms with van der Waals surface area (Å²) in [6, 6.07) is 9.02. The van der Waals surface area contributed by atoms with Crippen molar-refractivity contribution in [3.05, 3.63) is 71.6 Å². The fourth-order valence-electron chi connectivity index (χ4n) is 3.30. The van der Waals surface area contributed by atoms with Gasteiger partial charge in [0.15, 0.2) is 5.65 Å². The lowest BCUT2D eigenvalue weighted by atomic mass is 9.84. The van der Waals surface area contributed by atoms with Gasteiger partial charge < -0.3 is 9.84 Å². The van der Waals surface area contributed by atoms with E-state index < -0.39 is 0 Å². The maximum atomic E-state index is 9.83. The van der Waals surface area contributed by atoms with E-state index in [1.807, 2.05) is 31.3 Å². The predicted octanol–water partition coefficient (Wildman–Crippen LogP) is 2.82. The molecule has 0 saturated heterocycles. The predicted molar refractivity (Wildman–Crippen MR) is 88.9 cm³/mol. The second-order valence-electron chi connectivity index (χ2n) is 5.93. The molecular formula is C18H13N5O2. The fraction of sp³-hybridized carbons (Fsp3) is 0.111. The molecule has 1 aromatic carbocycles. The largest absolute Gasteiger partial charge is 0.508 e. The van der Waals surface area contributed by atoms with Crippen LogP contribution in [0.4, 0.5) is 0 Å². The Balaban J connectivity index is 1.86. The molecular weight excluding hydrogens is 318 g/mol. The molecule has 1 aliphatic heterocycles. The van der Waals surface area contributed by atoms with Gasteiger partial charge in [-0.05, 0) is 24.6 Å². The van der Waals surface area contributed by atoms with Crippen molar-refractivity contribution in [2.75, 3.05) is 0 Å². The molecule has 0 amide bonds. The molecule has 4 aromatic rings. The number of pyridine rings is 1. The minimum Gasteiger partial charge on any atom is -0.508 e. The first-order chi connectivity index (χ1) is 12.2. The normalized spacial score (nSPS) is 15.5. The highest BCUT2D eigenvalue weighted by atomic mass is 16.5. The van der Waals surface area contributed by atoms with Gasteiger partial charge in [0.25, 0.3) is 0 Å². The zero-order valence-corrected chi connectivity index (χ0v) is 13.3. The first-order valence-electron chi connectivity index (χ1n) is 7.83. The van der Waals surface area contributed by atoms with Crippen molar-refractivity contribution in [1.29, 1.82) is 0 Å². The minimum atomic E-state index is -0.159. The molecule has 0 unspecified atom stereocenters. The molecule has 0 saturated carbocycles. The summed E-state index contributed by atoms with van der Waals surface area (Å²) in [6.07, 6.45) is 5.15. The van der Waals surface area contributed by atoms with E-state index in [4.69, 9.17) is 4.74 Å². The maximum absolute atomic E-state index is 9.83. The molecule has 5 rings (SSSR count). The van der Waals surface area contributed by atoms with Crippen molar-refractivity contribution in [3.8, 4) is 17.4 Å². The number of aromatic nitrogens is 5. The number of phenols is 1. The SMILES string of the molecule is Cc1nc2c3c(ncn2n1)Oc1cc(O)ccc1[C@@H]3c1cccnc1. The summed E-state index contributed by atoms with van der Waals surface area (Å²) >= 11 is 0. The van der Waals surface area contributed by atoms with Gasteiger partial charge in [-0.3, -0.25) is 4.98 Å². The summed E-state index contributed by atoms with van der Waals surface area (Å²) in [4.78, 5) is 13.2. The van der Waals surface area contributed by atoms with Crippen molar-refractivity contribution in [3.63, 3.8) is 0 Å². The smallest absolute Gasteiger partial charge is 0.228 e. The van der Waals surface area contributed by atoms with Gasteiger partial charge in [0.1, 0.15) is 23.7 Å². The van der Waals surface area contributed by atoms with E-state index in [1.54, 1.807) is 29.2 Å². The Morgan fingerprint density at radius 3 is 3.00 bits per heavy atom. The lowest BCUT2D eigenvalue weighted by molar-refractivity contribution is 0.422. The Bertz CT molecular complexity index is 1110. The van der Waals surface area contributed by atoms with Crippen LogP contribution in [0.5, 0.6) is 17.4 Å². The fourth-order valence-corrected chi connectivity index (χ4v) is 3.30. The summed E-state index contributed by atoms with van der Waals surface area (Å²) in [6.45, 7) is 1.84. The van der Waals surface area contributed by atoms with Crippen molar-refractivity contribution in [2.45, 2.75) is 12.8 Å². The van der Waals surface area contributed by atoms with Crippen LogP contribution in [0.3, 0.4) is 0 Å². The molecule has 0 fully saturated rings. The highest BCUT2D eigenvalue weighted by Gasteiger charge is 2.33. The van der Waals surface area contributed by atoms with Gasteiger partial charge >= 0.3 is 0 Å². The number of ether oxygens (including phenoxy) is 1. The quantitative estimate of drug-likeness (QED) is 0.508. The summed E-state index contributed by atoms with van der Waals surface area (Å²) < 4.78 is 7.61. The van der Waals surface area contributed by atoms with E-state index in [0.29, 0.717) is 23.1 Å². The second-order valence-corrected chi connectivity index (χ2v) is 5.93. The number of nitrogens with zero attached hydrogens (tertiary/aromatic N) is 5. The average Bonchev–Trinajstić information content (AvgIpc) is 3.01. The van der Waals surface area contributed by atoms with E-state index in [2.05, 4.69) is 20.1 Å². The lowest BCUT2D eigenvalue weighted by Crippen LogP contribution is -2.15. The standard InChI is InChI=1S/C18H13N5O2/c1-10-21-17-16-15(11-3-2-6-19-8-11)13-5-4-12(24)7-14(13)25-18(16)20-9-23(17)22-10/h2-9,15,24H,1H3/t15-/m0/s1. The molecule has 0 radical (unpaired) electrons. The highest BCUT2D eigenvalue weighted by molar-refractivity contribution is 5.65. The summed E-state index contributed by atoms with van der Waals surface area (Å²) in [5.41, 5.74) is 3.47. The zero-order valence-electron chi connectivity index (χ0n) is 13.3. The number of hydrogen-bond donors (Lipinski definition) is 1. The number of rotatable bonds is 1. The first kappa shape index (κ1) is 13.9. The van der Waals surface area contributed by atoms with Crippen molar-refractivity contribution in [1.82, 2.24) is 24.6 Å². The molecule has 1 N–H and O–H groups in total. The van der Waals surface area contributed by atoms with Gasteiger partial charge in [0.2, 0.25) is 5.88 Å². The Hall–Kier alpha value is -3.48. The minimum absolute atomic E-state index is 0.145.